The number of para-hydroxylation sites is 1. The van der Waals surface area contributed by atoms with Crippen LogP contribution < -0.4 is 15.4 Å². The summed E-state index contributed by atoms with van der Waals surface area (Å²) in [6.45, 7) is 2.57. The first-order valence-corrected chi connectivity index (χ1v) is 9.07. The third-order valence-electron chi connectivity index (χ3n) is 4.60. The van der Waals surface area contributed by atoms with Gasteiger partial charge in [-0.3, -0.25) is 4.99 Å². The first kappa shape index (κ1) is 17.3. The minimum Gasteiger partial charge on any atom is -0.493 e. The van der Waals surface area contributed by atoms with Crippen LogP contribution in [-0.2, 0) is 6.42 Å². The van der Waals surface area contributed by atoms with E-state index in [1.54, 1.807) is 0 Å². The van der Waals surface area contributed by atoms with Gasteiger partial charge < -0.3 is 15.4 Å². The molecule has 2 aromatic rings. The lowest BCUT2D eigenvalue weighted by molar-refractivity contribution is 0.267. The Morgan fingerprint density at radius 1 is 1.08 bits per heavy atom. The van der Waals surface area contributed by atoms with Gasteiger partial charge in [-0.1, -0.05) is 48.5 Å². The summed E-state index contributed by atoms with van der Waals surface area (Å²) < 4.78 is 5.73. The molecule has 1 unspecified atom stereocenters. The van der Waals surface area contributed by atoms with Gasteiger partial charge in [0.25, 0.3) is 0 Å². The van der Waals surface area contributed by atoms with E-state index in [2.05, 4.69) is 64.2 Å². The summed E-state index contributed by atoms with van der Waals surface area (Å²) in [5.41, 5.74) is 2.67. The molecule has 2 N–H and O–H groups in total. The van der Waals surface area contributed by atoms with Gasteiger partial charge in [-0.15, -0.1) is 0 Å². The van der Waals surface area contributed by atoms with Gasteiger partial charge in [-0.25, -0.2) is 0 Å². The minimum atomic E-state index is 0.466. The molecule has 0 saturated heterocycles. The van der Waals surface area contributed by atoms with Crippen LogP contribution in [0.5, 0.6) is 5.75 Å². The molecule has 0 radical (unpaired) electrons. The summed E-state index contributed by atoms with van der Waals surface area (Å²) in [4.78, 5) is 4.34. The molecule has 0 bridgehead atoms. The van der Waals surface area contributed by atoms with Crippen LogP contribution in [-0.4, -0.2) is 32.7 Å². The summed E-state index contributed by atoms with van der Waals surface area (Å²) in [7, 11) is 1.82. The topological polar surface area (TPSA) is 45.7 Å². The Labute approximate surface area is 150 Å². The lowest BCUT2D eigenvalue weighted by Gasteiger charge is -2.26. The Kier molecular flexibility index (Phi) is 6.32. The predicted octanol–water partition coefficient (Wildman–Crippen LogP) is 3.35. The molecule has 3 rings (SSSR count). The average molecular weight is 337 g/mol. The highest BCUT2D eigenvalue weighted by atomic mass is 16.5. The van der Waals surface area contributed by atoms with Crippen molar-refractivity contribution < 1.29 is 4.74 Å². The molecule has 0 aliphatic carbocycles. The second-order valence-corrected chi connectivity index (χ2v) is 6.34. The third-order valence-corrected chi connectivity index (χ3v) is 4.60. The van der Waals surface area contributed by atoms with E-state index in [-0.39, 0.29) is 0 Å². The Balaban J connectivity index is 1.43. The van der Waals surface area contributed by atoms with Gasteiger partial charge in [0.05, 0.1) is 6.61 Å². The Morgan fingerprint density at radius 2 is 1.88 bits per heavy atom. The van der Waals surface area contributed by atoms with Crippen molar-refractivity contribution in [3.63, 3.8) is 0 Å². The van der Waals surface area contributed by atoms with Crippen molar-refractivity contribution in [3.05, 3.63) is 65.7 Å². The molecular weight excluding hydrogens is 310 g/mol. The van der Waals surface area contributed by atoms with E-state index in [4.69, 9.17) is 4.74 Å². The number of guanidine groups is 1. The Morgan fingerprint density at radius 3 is 2.72 bits per heavy atom. The SMILES string of the molecule is CN=C(NCCCc1ccccc1)NCC1CCOc2ccccc21. The number of aliphatic imine (C=N–C) groups is 1. The van der Waals surface area contributed by atoms with E-state index in [1.807, 2.05) is 13.1 Å². The lowest BCUT2D eigenvalue weighted by atomic mass is 9.93. The molecule has 132 valence electrons. The largest absolute Gasteiger partial charge is 0.493 e. The maximum absolute atomic E-state index is 5.73. The molecular formula is C21H27N3O. The molecule has 25 heavy (non-hydrogen) atoms. The molecule has 2 aromatic carbocycles. The van der Waals surface area contributed by atoms with Crippen molar-refractivity contribution in [3.8, 4) is 5.75 Å². The van der Waals surface area contributed by atoms with Crippen molar-refractivity contribution in [1.82, 2.24) is 10.6 Å². The zero-order valence-electron chi connectivity index (χ0n) is 14.9. The highest BCUT2D eigenvalue weighted by Gasteiger charge is 2.20. The van der Waals surface area contributed by atoms with Gasteiger partial charge in [0.1, 0.15) is 5.75 Å². The van der Waals surface area contributed by atoms with Gasteiger partial charge in [-0.2, -0.15) is 0 Å². The lowest BCUT2D eigenvalue weighted by Crippen LogP contribution is -2.40. The van der Waals surface area contributed by atoms with Gasteiger partial charge in [0.2, 0.25) is 0 Å². The third kappa shape index (κ3) is 4.99. The Hall–Kier alpha value is -2.49. The van der Waals surface area contributed by atoms with Crippen molar-refractivity contribution in [2.45, 2.75) is 25.2 Å². The molecule has 4 nitrogen and oxygen atoms in total. The number of rotatable bonds is 6. The standard InChI is InChI=1S/C21H27N3O/c1-22-21(23-14-7-10-17-8-3-2-4-9-17)24-16-18-13-15-25-20-12-6-5-11-19(18)20/h2-6,8-9,11-12,18H,7,10,13-16H2,1H3,(H2,22,23,24). The molecule has 1 heterocycles. The second-order valence-electron chi connectivity index (χ2n) is 6.34. The molecule has 1 atom stereocenters. The zero-order valence-corrected chi connectivity index (χ0v) is 14.9. The molecule has 4 heteroatoms. The van der Waals surface area contributed by atoms with Gasteiger partial charge in [0.15, 0.2) is 5.96 Å². The number of hydrogen-bond donors (Lipinski definition) is 2. The van der Waals surface area contributed by atoms with E-state index < -0.39 is 0 Å². The summed E-state index contributed by atoms with van der Waals surface area (Å²) in [5, 5.41) is 6.87. The molecule has 1 aliphatic heterocycles. The molecule has 0 amide bonds. The van der Waals surface area contributed by atoms with E-state index >= 15 is 0 Å². The average Bonchev–Trinajstić information content (AvgIpc) is 2.68. The second kappa shape index (κ2) is 9.11. The highest BCUT2D eigenvalue weighted by molar-refractivity contribution is 5.79. The van der Waals surface area contributed by atoms with Crippen LogP contribution in [0, 0.1) is 0 Å². The molecule has 0 fully saturated rings. The first-order chi connectivity index (χ1) is 12.4. The summed E-state index contributed by atoms with van der Waals surface area (Å²) in [5.74, 6) is 2.36. The van der Waals surface area contributed by atoms with Gasteiger partial charge in [0, 0.05) is 26.1 Å². The van der Waals surface area contributed by atoms with Crippen molar-refractivity contribution in [1.29, 1.82) is 0 Å². The highest BCUT2D eigenvalue weighted by Crippen LogP contribution is 2.32. The van der Waals surface area contributed by atoms with Crippen LogP contribution in [0.2, 0.25) is 0 Å². The van der Waals surface area contributed by atoms with Crippen LogP contribution in [0.3, 0.4) is 0 Å². The predicted molar refractivity (Wildman–Crippen MR) is 103 cm³/mol. The fraction of sp³-hybridized carbons (Fsp3) is 0.381. The summed E-state index contributed by atoms with van der Waals surface area (Å²) in [6, 6.07) is 18.9. The van der Waals surface area contributed by atoms with Crippen LogP contribution >= 0.6 is 0 Å². The molecule has 0 saturated carbocycles. The van der Waals surface area contributed by atoms with Crippen molar-refractivity contribution >= 4 is 5.96 Å². The maximum Gasteiger partial charge on any atom is 0.190 e. The van der Waals surface area contributed by atoms with Crippen LogP contribution in [0.1, 0.15) is 29.9 Å². The number of fused-ring (bicyclic) bond motifs is 1. The van der Waals surface area contributed by atoms with Crippen molar-refractivity contribution in [2.24, 2.45) is 4.99 Å². The van der Waals surface area contributed by atoms with E-state index in [0.717, 1.165) is 50.7 Å². The molecule has 0 spiro atoms. The van der Waals surface area contributed by atoms with Gasteiger partial charge in [-0.05, 0) is 36.5 Å². The van der Waals surface area contributed by atoms with Crippen LogP contribution in [0.4, 0.5) is 0 Å². The number of nitrogens with zero attached hydrogens (tertiary/aromatic N) is 1. The monoisotopic (exact) mass is 337 g/mol. The summed E-state index contributed by atoms with van der Waals surface area (Å²) >= 11 is 0. The van der Waals surface area contributed by atoms with E-state index in [1.165, 1.54) is 11.1 Å². The number of ether oxygens (including phenoxy) is 1. The first-order valence-electron chi connectivity index (χ1n) is 9.07. The van der Waals surface area contributed by atoms with Gasteiger partial charge >= 0.3 is 0 Å². The fourth-order valence-electron chi connectivity index (χ4n) is 3.21. The zero-order chi connectivity index (χ0) is 17.3. The number of aryl methyl sites for hydroxylation is 1. The molecule has 0 aromatic heterocycles. The van der Waals surface area contributed by atoms with Crippen LogP contribution in [0.25, 0.3) is 0 Å². The smallest absolute Gasteiger partial charge is 0.190 e. The normalized spacial score (nSPS) is 16.7. The minimum absolute atomic E-state index is 0.466. The number of nitrogens with one attached hydrogen (secondary N) is 2. The van der Waals surface area contributed by atoms with Crippen LogP contribution in [0.15, 0.2) is 59.6 Å². The van der Waals surface area contributed by atoms with Crippen molar-refractivity contribution in [2.75, 3.05) is 26.7 Å². The maximum atomic E-state index is 5.73. The number of hydrogen-bond acceptors (Lipinski definition) is 2. The van der Waals surface area contributed by atoms with E-state index in [0.29, 0.717) is 5.92 Å². The molecule has 1 aliphatic rings. The van der Waals surface area contributed by atoms with E-state index in [9.17, 15) is 0 Å². The Bertz CT molecular complexity index is 685. The number of benzene rings is 2. The quantitative estimate of drug-likeness (QED) is 0.483. The summed E-state index contributed by atoms with van der Waals surface area (Å²) in [6.07, 6.45) is 3.21. The fourth-order valence-corrected chi connectivity index (χ4v) is 3.21.